The van der Waals surface area contributed by atoms with Crippen molar-refractivity contribution in [1.29, 1.82) is 5.26 Å². The molecule has 0 fully saturated rings. The highest BCUT2D eigenvalue weighted by molar-refractivity contribution is 5.68. The van der Waals surface area contributed by atoms with Crippen molar-refractivity contribution >= 4 is 11.5 Å². The Kier molecular flexibility index (Phi) is 5.58. The van der Waals surface area contributed by atoms with Gasteiger partial charge in [0.25, 0.3) is 0 Å². The van der Waals surface area contributed by atoms with Crippen LogP contribution in [0.15, 0.2) is 12.3 Å². The highest BCUT2D eigenvalue weighted by Crippen LogP contribution is 2.18. The van der Waals surface area contributed by atoms with E-state index in [0.29, 0.717) is 29.2 Å². The maximum Gasteiger partial charge on any atom is 0.150 e. The van der Waals surface area contributed by atoms with Gasteiger partial charge in [0, 0.05) is 31.4 Å². The van der Waals surface area contributed by atoms with Crippen molar-refractivity contribution < 1.29 is 0 Å². The van der Waals surface area contributed by atoms with Gasteiger partial charge in [-0.1, -0.05) is 0 Å². The largest absolute Gasteiger partial charge is 0.395 e. The van der Waals surface area contributed by atoms with E-state index in [1.807, 2.05) is 0 Å². The Morgan fingerprint density at radius 1 is 1.37 bits per heavy atom. The normalized spacial score (nSPS) is 11.1. The Morgan fingerprint density at radius 3 is 2.53 bits per heavy atom. The minimum absolute atomic E-state index is 0.422. The van der Waals surface area contributed by atoms with Gasteiger partial charge in [0.05, 0.1) is 11.3 Å². The molecule has 0 aliphatic carbocycles. The van der Waals surface area contributed by atoms with Gasteiger partial charge in [0.1, 0.15) is 6.07 Å². The second-order valence-corrected chi connectivity index (χ2v) is 5.08. The number of nitrogens with zero attached hydrogens (tertiary/aromatic N) is 3. The van der Waals surface area contributed by atoms with Gasteiger partial charge in [-0.15, -0.1) is 0 Å². The summed E-state index contributed by atoms with van der Waals surface area (Å²) in [4.78, 5) is 6.55. The summed E-state index contributed by atoms with van der Waals surface area (Å²) < 4.78 is 0. The second kappa shape index (κ2) is 6.95. The van der Waals surface area contributed by atoms with Gasteiger partial charge in [-0.2, -0.15) is 5.26 Å². The SMILES string of the molecule is CC(C)N(CCNc1nccc(C#N)c1N)C(C)C. The molecule has 1 aromatic rings. The van der Waals surface area contributed by atoms with E-state index in [2.05, 4.69) is 49.0 Å². The first-order valence-corrected chi connectivity index (χ1v) is 6.61. The molecule has 1 aromatic heterocycles. The molecule has 0 aliphatic heterocycles. The number of rotatable bonds is 6. The summed E-state index contributed by atoms with van der Waals surface area (Å²) in [7, 11) is 0. The molecule has 0 unspecified atom stereocenters. The number of aromatic nitrogens is 1. The summed E-state index contributed by atoms with van der Waals surface area (Å²) in [5, 5.41) is 12.1. The first-order chi connectivity index (χ1) is 8.97. The van der Waals surface area contributed by atoms with E-state index >= 15 is 0 Å². The summed E-state index contributed by atoms with van der Waals surface area (Å²) >= 11 is 0. The smallest absolute Gasteiger partial charge is 0.150 e. The number of anilines is 2. The van der Waals surface area contributed by atoms with Crippen LogP contribution in [0.2, 0.25) is 0 Å². The average molecular weight is 261 g/mol. The third-order valence-electron chi connectivity index (χ3n) is 3.10. The molecule has 1 rings (SSSR count). The minimum atomic E-state index is 0.422. The monoisotopic (exact) mass is 261 g/mol. The lowest BCUT2D eigenvalue weighted by Crippen LogP contribution is -2.40. The second-order valence-electron chi connectivity index (χ2n) is 5.08. The van der Waals surface area contributed by atoms with Crippen molar-refractivity contribution in [2.45, 2.75) is 39.8 Å². The van der Waals surface area contributed by atoms with Crippen molar-refractivity contribution in [3.8, 4) is 6.07 Å². The van der Waals surface area contributed by atoms with Crippen LogP contribution in [0.5, 0.6) is 0 Å². The molecule has 0 saturated carbocycles. The van der Waals surface area contributed by atoms with Crippen LogP contribution in [0.4, 0.5) is 11.5 Å². The molecule has 104 valence electrons. The zero-order valence-electron chi connectivity index (χ0n) is 12.1. The number of nitriles is 1. The van der Waals surface area contributed by atoms with Gasteiger partial charge in [0.2, 0.25) is 0 Å². The van der Waals surface area contributed by atoms with E-state index < -0.39 is 0 Å². The minimum Gasteiger partial charge on any atom is -0.395 e. The van der Waals surface area contributed by atoms with Crippen molar-refractivity contribution in [2.24, 2.45) is 0 Å². The third-order valence-corrected chi connectivity index (χ3v) is 3.10. The molecule has 0 aliphatic rings. The number of hydrogen-bond acceptors (Lipinski definition) is 5. The van der Waals surface area contributed by atoms with E-state index in [1.54, 1.807) is 12.3 Å². The Morgan fingerprint density at radius 2 is 2.00 bits per heavy atom. The Labute approximate surface area is 115 Å². The van der Waals surface area contributed by atoms with E-state index in [9.17, 15) is 0 Å². The molecule has 5 nitrogen and oxygen atoms in total. The molecule has 0 spiro atoms. The fraction of sp³-hybridized carbons (Fsp3) is 0.571. The van der Waals surface area contributed by atoms with Crippen LogP contribution < -0.4 is 11.1 Å². The first-order valence-electron chi connectivity index (χ1n) is 6.61. The highest BCUT2D eigenvalue weighted by atomic mass is 15.2. The predicted molar refractivity (Wildman–Crippen MR) is 78.8 cm³/mol. The number of nitrogens with two attached hydrogens (primary N) is 1. The standard InChI is InChI=1S/C14H23N5/c1-10(2)19(11(3)4)8-7-18-14-13(16)12(9-15)5-6-17-14/h5-6,10-11H,7-8,16H2,1-4H3,(H,17,18). The molecule has 0 radical (unpaired) electrons. The Bertz CT molecular complexity index is 440. The van der Waals surface area contributed by atoms with Crippen molar-refractivity contribution in [3.63, 3.8) is 0 Å². The highest BCUT2D eigenvalue weighted by Gasteiger charge is 2.13. The predicted octanol–water partition coefficient (Wildman–Crippen LogP) is 2.07. The molecule has 3 N–H and O–H groups in total. The molecule has 0 atom stereocenters. The van der Waals surface area contributed by atoms with E-state index in [-0.39, 0.29) is 0 Å². The lowest BCUT2D eigenvalue weighted by Gasteiger charge is -2.30. The van der Waals surface area contributed by atoms with E-state index in [0.717, 1.165) is 13.1 Å². The number of nitrogens with one attached hydrogen (secondary N) is 1. The van der Waals surface area contributed by atoms with Gasteiger partial charge in [-0.25, -0.2) is 4.98 Å². The maximum absolute atomic E-state index is 8.91. The molecular weight excluding hydrogens is 238 g/mol. The molecule has 0 amide bonds. The summed E-state index contributed by atoms with van der Waals surface area (Å²) in [6.07, 6.45) is 1.60. The quantitative estimate of drug-likeness (QED) is 0.819. The van der Waals surface area contributed by atoms with Crippen LogP contribution >= 0.6 is 0 Å². The fourth-order valence-electron chi connectivity index (χ4n) is 2.13. The molecule has 1 heterocycles. The summed E-state index contributed by atoms with van der Waals surface area (Å²) in [6, 6.07) is 4.67. The first kappa shape index (κ1) is 15.3. The van der Waals surface area contributed by atoms with Gasteiger partial charge >= 0.3 is 0 Å². The lowest BCUT2D eigenvalue weighted by molar-refractivity contribution is 0.182. The Hall–Kier alpha value is -1.80. The van der Waals surface area contributed by atoms with Crippen LogP contribution in [0.1, 0.15) is 33.3 Å². The molecule has 19 heavy (non-hydrogen) atoms. The average Bonchev–Trinajstić information content (AvgIpc) is 2.35. The third kappa shape index (κ3) is 4.11. The zero-order valence-corrected chi connectivity index (χ0v) is 12.1. The Balaban J connectivity index is 2.61. The number of pyridine rings is 1. The van der Waals surface area contributed by atoms with Crippen LogP contribution in [0.3, 0.4) is 0 Å². The number of nitrogen functional groups attached to an aromatic ring is 1. The van der Waals surface area contributed by atoms with Crippen LogP contribution in [-0.2, 0) is 0 Å². The van der Waals surface area contributed by atoms with Gasteiger partial charge in [-0.05, 0) is 33.8 Å². The van der Waals surface area contributed by atoms with Crippen molar-refractivity contribution in [3.05, 3.63) is 17.8 Å². The van der Waals surface area contributed by atoms with Crippen molar-refractivity contribution in [1.82, 2.24) is 9.88 Å². The maximum atomic E-state index is 8.91. The molecule has 5 heteroatoms. The topological polar surface area (TPSA) is 78.0 Å². The van der Waals surface area contributed by atoms with Crippen molar-refractivity contribution in [2.75, 3.05) is 24.1 Å². The molecule has 0 saturated heterocycles. The molecule has 0 aromatic carbocycles. The van der Waals surface area contributed by atoms with Crippen LogP contribution in [-0.4, -0.2) is 35.1 Å². The van der Waals surface area contributed by atoms with E-state index in [1.165, 1.54) is 0 Å². The fourth-order valence-corrected chi connectivity index (χ4v) is 2.13. The van der Waals surface area contributed by atoms with E-state index in [4.69, 9.17) is 11.0 Å². The summed E-state index contributed by atoms with van der Waals surface area (Å²) in [6.45, 7) is 10.4. The molecular formula is C14H23N5. The van der Waals surface area contributed by atoms with Crippen LogP contribution in [0.25, 0.3) is 0 Å². The van der Waals surface area contributed by atoms with Gasteiger partial charge in [-0.3, -0.25) is 4.90 Å². The van der Waals surface area contributed by atoms with Gasteiger partial charge < -0.3 is 11.1 Å². The molecule has 0 bridgehead atoms. The number of hydrogen-bond donors (Lipinski definition) is 2. The summed E-state index contributed by atoms with van der Waals surface area (Å²) in [5.41, 5.74) is 6.75. The summed E-state index contributed by atoms with van der Waals surface area (Å²) in [5.74, 6) is 0.589. The van der Waals surface area contributed by atoms with Crippen LogP contribution in [0, 0.1) is 11.3 Å². The zero-order chi connectivity index (χ0) is 14.4. The van der Waals surface area contributed by atoms with Gasteiger partial charge in [0.15, 0.2) is 5.82 Å². The lowest BCUT2D eigenvalue weighted by atomic mass is 10.2.